The van der Waals surface area contributed by atoms with Gasteiger partial charge >= 0.3 is 5.97 Å². The molecular formula is C16H23NO4. The van der Waals surface area contributed by atoms with Crippen LogP contribution in [0.4, 0.5) is 0 Å². The summed E-state index contributed by atoms with van der Waals surface area (Å²) in [6.07, 6.45) is 3.13. The predicted octanol–water partition coefficient (Wildman–Crippen LogP) is 2.69. The fraction of sp³-hybridized carbons (Fsp3) is 0.562. The second-order valence-electron chi connectivity index (χ2n) is 5.70. The van der Waals surface area contributed by atoms with Gasteiger partial charge in [0.25, 0.3) is 0 Å². The maximum atomic E-state index is 11.0. The van der Waals surface area contributed by atoms with Gasteiger partial charge in [-0.3, -0.25) is 4.79 Å². The maximum Gasteiger partial charge on any atom is 0.306 e. The SMILES string of the molecule is COc1ccc(O)c(C(C)NC2CCC(C(=O)O)CC2)c1. The van der Waals surface area contributed by atoms with Gasteiger partial charge in [-0.2, -0.15) is 0 Å². The zero-order valence-electron chi connectivity index (χ0n) is 12.5. The van der Waals surface area contributed by atoms with Crippen LogP contribution in [0.15, 0.2) is 18.2 Å². The minimum atomic E-state index is -0.688. The van der Waals surface area contributed by atoms with E-state index in [4.69, 9.17) is 9.84 Å². The molecule has 116 valence electrons. The van der Waals surface area contributed by atoms with Crippen LogP contribution in [-0.2, 0) is 4.79 Å². The molecule has 0 radical (unpaired) electrons. The summed E-state index contributed by atoms with van der Waals surface area (Å²) in [5, 5.41) is 22.5. The summed E-state index contributed by atoms with van der Waals surface area (Å²) >= 11 is 0. The molecule has 5 nitrogen and oxygen atoms in total. The van der Waals surface area contributed by atoms with E-state index in [1.165, 1.54) is 0 Å². The van der Waals surface area contributed by atoms with E-state index in [1.54, 1.807) is 19.2 Å². The van der Waals surface area contributed by atoms with E-state index in [1.807, 2.05) is 13.0 Å². The van der Waals surface area contributed by atoms with Gasteiger partial charge in [0.05, 0.1) is 13.0 Å². The Hall–Kier alpha value is -1.75. The lowest BCUT2D eigenvalue weighted by Crippen LogP contribution is -2.36. The molecule has 2 rings (SSSR count). The molecule has 1 fully saturated rings. The van der Waals surface area contributed by atoms with Crippen molar-refractivity contribution in [1.82, 2.24) is 5.32 Å². The third-order valence-electron chi connectivity index (χ3n) is 4.26. The number of carbonyl (C=O) groups is 1. The van der Waals surface area contributed by atoms with Crippen molar-refractivity contribution < 1.29 is 19.7 Å². The van der Waals surface area contributed by atoms with E-state index in [-0.39, 0.29) is 17.7 Å². The van der Waals surface area contributed by atoms with E-state index < -0.39 is 5.97 Å². The van der Waals surface area contributed by atoms with Crippen molar-refractivity contribution in [2.75, 3.05) is 7.11 Å². The normalized spacial score (nSPS) is 23.5. The Labute approximate surface area is 124 Å². The van der Waals surface area contributed by atoms with Gasteiger partial charge in [-0.1, -0.05) is 0 Å². The number of aliphatic carboxylic acids is 1. The van der Waals surface area contributed by atoms with Crippen LogP contribution < -0.4 is 10.1 Å². The molecule has 1 aromatic rings. The van der Waals surface area contributed by atoms with E-state index in [9.17, 15) is 9.90 Å². The highest BCUT2D eigenvalue weighted by Gasteiger charge is 2.27. The molecule has 0 heterocycles. The number of carboxylic acid groups (broad SMARTS) is 1. The summed E-state index contributed by atoms with van der Waals surface area (Å²) < 4.78 is 5.19. The number of phenols is 1. The fourth-order valence-electron chi connectivity index (χ4n) is 2.96. The molecular weight excluding hydrogens is 270 g/mol. The predicted molar refractivity (Wildman–Crippen MR) is 79.6 cm³/mol. The fourth-order valence-corrected chi connectivity index (χ4v) is 2.96. The summed E-state index contributed by atoms with van der Waals surface area (Å²) in [5.41, 5.74) is 0.801. The van der Waals surface area contributed by atoms with Gasteiger partial charge < -0.3 is 20.3 Å². The number of phenolic OH excluding ortho intramolecular Hbond substituents is 1. The van der Waals surface area contributed by atoms with Gasteiger partial charge in [0.15, 0.2) is 0 Å². The first-order valence-corrected chi connectivity index (χ1v) is 7.37. The van der Waals surface area contributed by atoms with Gasteiger partial charge in [-0.15, -0.1) is 0 Å². The molecule has 1 saturated carbocycles. The first-order chi connectivity index (χ1) is 10.0. The van der Waals surface area contributed by atoms with Gasteiger partial charge in [0, 0.05) is 17.6 Å². The Balaban J connectivity index is 1.96. The summed E-state index contributed by atoms with van der Waals surface area (Å²) in [6, 6.07) is 5.47. The van der Waals surface area contributed by atoms with Gasteiger partial charge in [-0.25, -0.2) is 0 Å². The molecule has 0 saturated heterocycles. The van der Waals surface area contributed by atoms with E-state index in [0.717, 1.165) is 18.4 Å². The zero-order valence-corrected chi connectivity index (χ0v) is 12.5. The Morgan fingerprint density at radius 3 is 2.57 bits per heavy atom. The quantitative estimate of drug-likeness (QED) is 0.778. The van der Waals surface area contributed by atoms with Crippen LogP contribution in [0.2, 0.25) is 0 Å². The number of ether oxygens (including phenoxy) is 1. The van der Waals surface area contributed by atoms with Crippen molar-refractivity contribution in [2.45, 2.75) is 44.7 Å². The van der Waals surface area contributed by atoms with E-state index in [0.29, 0.717) is 24.6 Å². The van der Waals surface area contributed by atoms with Crippen LogP contribution in [0.5, 0.6) is 11.5 Å². The lowest BCUT2D eigenvalue weighted by Gasteiger charge is -2.30. The van der Waals surface area contributed by atoms with Crippen LogP contribution in [0.25, 0.3) is 0 Å². The first kappa shape index (κ1) is 15.6. The van der Waals surface area contributed by atoms with Crippen LogP contribution in [-0.4, -0.2) is 29.3 Å². The van der Waals surface area contributed by atoms with Crippen LogP contribution >= 0.6 is 0 Å². The van der Waals surface area contributed by atoms with Crippen LogP contribution in [0.1, 0.15) is 44.2 Å². The highest BCUT2D eigenvalue weighted by atomic mass is 16.5. The molecule has 3 N–H and O–H groups in total. The van der Waals surface area contributed by atoms with Crippen molar-refractivity contribution >= 4 is 5.97 Å². The number of rotatable bonds is 5. The van der Waals surface area contributed by atoms with Gasteiger partial charge in [0.2, 0.25) is 0 Å². The Morgan fingerprint density at radius 2 is 2.00 bits per heavy atom. The minimum absolute atomic E-state index is 0.00789. The number of carboxylic acids is 1. The van der Waals surface area contributed by atoms with Crippen molar-refractivity contribution in [2.24, 2.45) is 5.92 Å². The maximum absolute atomic E-state index is 11.0. The largest absolute Gasteiger partial charge is 0.508 e. The topological polar surface area (TPSA) is 78.8 Å². The first-order valence-electron chi connectivity index (χ1n) is 7.37. The Morgan fingerprint density at radius 1 is 1.33 bits per heavy atom. The molecule has 0 aliphatic heterocycles. The number of aromatic hydroxyl groups is 1. The molecule has 21 heavy (non-hydrogen) atoms. The highest BCUT2D eigenvalue weighted by molar-refractivity contribution is 5.70. The monoisotopic (exact) mass is 293 g/mol. The van der Waals surface area contributed by atoms with Gasteiger partial charge in [-0.05, 0) is 50.8 Å². The molecule has 1 aliphatic carbocycles. The Kier molecular flexibility index (Phi) is 5.07. The third kappa shape index (κ3) is 3.88. The molecule has 0 bridgehead atoms. The molecule has 5 heteroatoms. The van der Waals surface area contributed by atoms with E-state index >= 15 is 0 Å². The molecule has 1 aliphatic rings. The van der Waals surface area contributed by atoms with Crippen LogP contribution in [0.3, 0.4) is 0 Å². The van der Waals surface area contributed by atoms with Crippen molar-refractivity contribution in [1.29, 1.82) is 0 Å². The average Bonchev–Trinajstić information content (AvgIpc) is 2.48. The van der Waals surface area contributed by atoms with E-state index in [2.05, 4.69) is 5.32 Å². The van der Waals surface area contributed by atoms with Crippen LogP contribution in [0, 0.1) is 5.92 Å². The molecule has 1 aromatic carbocycles. The lowest BCUT2D eigenvalue weighted by atomic mass is 9.85. The average molecular weight is 293 g/mol. The number of benzene rings is 1. The number of hydrogen-bond donors (Lipinski definition) is 3. The third-order valence-corrected chi connectivity index (χ3v) is 4.26. The number of hydrogen-bond acceptors (Lipinski definition) is 4. The molecule has 0 spiro atoms. The number of methoxy groups -OCH3 is 1. The van der Waals surface area contributed by atoms with Crippen molar-refractivity contribution in [3.63, 3.8) is 0 Å². The standard InChI is InChI=1S/C16H23NO4/c1-10(14-9-13(21-2)7-8-15(14)18)17-12-5-3-11(4-6-12)16(19)20/h7-12,17-18H,3-6H2,1-2H3,(H,19,20). The second kappa shape index (κ2) is 6.80. The Bertz CT molecular complexity index is 495. The number of nitrogens with one attached hydrogen (secondary N) is 1. The molecule has 0 amide bonds. The molecule has 1 atom stereocenters. The molecule has 0 aromatic heterocycles. The zero-order chi connectivity index (χ0) is 15.4. The smallest absolute Gasteiger partial charge is 0.306 e. The summed E-state index contributed by atoms with van der Waals surface area (Å²) in [6.45, 7) is 2.00. The van der Waals surface area contributed by atoms with Gasteiger partial charge in [0.1, 0.15) is 11.5 Å². The molecule has 1 unspecified atom stereocenters. The minimum Gasteiger partial charge on any atom is -0.508 e. The highest BCUT2D eigenvalue weighted by Crippen LogP contribution is 2.31. The summed E-state index contributed by atoms with van der Waals surface area (Å²) in [5.74, 6) is 0.0663. The lowest BCUT2D eigenvalue weighted by molar-refractivity contribution is -0.142. The summed E-state index contributed by atoms with van der Waals surface area (Å²) in [7, 11) is 1.60. The van der Waals surface area contributed by atoms with Crippen molar-refractivity contribution in [3.8, 4) is 11.5 Å². The van der Waals surface area contributed by atoms with Crippen molar-refractivity contribution in [3.05, 3.63) is 23.8 Å². The second-order valence-corrected chi connectivity index (χ2v) is 5.70. The summed E-state index contributed by atoms with van der Waals surface area (Å²) in [4.78, 5) is 11.0.